The molecule has 1 aliphatic carbocycles. The molecule has 3 rings (SSSR count). The van der Waals surface area contributed by atoms with E-state index in [1.807, 2.05) is 24.3 Å². The molecule has 0 aromatic heterocycles. The van der Waals surface area contributed by atoms with Crippen molar-refractivity contribution in [1.29, 1.82) is 0 Å². The molecule has 9 nitrogen and oxygen atoms in total. The number of hydrogen-bond donors (Lipinski definition) is 2. The van der Waals surface area contributed by atoms with E-state index in [1.54, 1.807) is 52.0 Å². The van der Waals surface area contributed by atoms with E-state index in [9.17, 15) is 14.4 Å². The first kappa shape index (κ1) is 26.8. The molecule has 36 heavy (non-hydrogen) atoms. The van der Waals surface area contributed by atoms with Gasteiger partial charge in [0, 0.05) is 11.6 Å². The van der Waals surface area contributed by atoms with Gasteiger partial charge in [0.2, 0.25) is 0 Å². The van der Waals surface area contributed by atoms with Crippen LogP contribution in [0.5, 0.6) is 17.2 Å². The lowest BCUT2D eigenvalue weighted by Crippen LogP contribution is -2.41. The van der Waals surface area contributed by atoms with Crippen molar-refractivity contribution < 1.29 is 33.3 Å². The zero-order chi connectivity index (χ0) is 26.1. The molecule has 9 heteroatoms. The fraction of sp³-hybridized carbons (Fsp3) is 0.444. The zero-order valence-corrected chi connectivity index (χ0v) is 21.2. The summed E-state index contributed by atoms with van der Waals surface area (Å²) in [4.78, 5) is 36.1. The van der Waals surface area contributed by atoms with E-state index >= 15 is 0 Å². The lowest BCUT2D eigenvalue weighted by Gasteiger charge is -2.21. The Balaban J connectivity index is 1.38. The van der Waals surface area contributed by atoms with Crippen molar-refractivity contribution >= 4 is 18.0 Å². The summed E-state index contributed by atoms with van der Waals surface area (Å²) in [7, 11) is 0. The fourth-order valence-electron chi connectivity index (χ4n) is 3.01. The normalized spacial score (nSPS) is 13.8. The van der Waals surface area contributed by atoms with E-state index in [2.05, 4.69) is 10.6 Å². The Labute approximate surface area is 211 Å². The standard InChI is InChI=1S/C27H34N2O7/c1-18(29-26(32)36-27(2,3)4)16-34-24(30)15-28-25(31)20-10-12-21(13-11-20)35-23-7-5-6-22(14-23)33-17-19-8-9-19/h5-7,10-14,18-19H,8-9,15-17H2,1-4H3,(H,28,31)(H,29,32). The molecule has 0 bridgehead atoms. The molecule has 0 spiro atoms. The van der Waals surface area contributed by atoms with Crippen molar-refractivity contribution in [3.63, 3.8) is 0 Å². The quantitative estimate of drug-likeness (QED) is 0.440. The molecule has 0 radical (unpaired) electrons. The Morgan fingerprint density at radius 3 is 2.36 bits per heavy atom. The van der Waals surface area contributed by atoms with E-state index in [0.29, 0.717) is 23.0 Å². The number of esters is 1. The van der Waals surface area contributed by atoms with Crippen LogP contribution in [0.25, 0.3) is 0 Å². The van der Waals surface area contributed by atoms with Crippen molar-refractivity contribution in [3.8, 4) is 17.2 Å². The molecule has 1 aliphatic rings. The number of carbonyl (C=O) groups is 3. The first-order valence-corrected chi connectivity index (χ1v) is 12.0. The van der Waals surface area contributed by atoms with E-state index in [4.69, 9.17) is 18.9 Å². The van der Waals surface area contributed by atoms with Gasteiger partial charge >= 0.3 is 12.1 Å². The fourth-order valence-corrected chi connectivity index (χ4v) is 3.01. The molecule has 2 aromatic rings. The van der Waals surface area contributed by atoms with E-state index in [-0.39, 0.29) is 13.2 Å². The van der Waals surface area contributed by atoms with Gasteiger partial charge in [-0.1, -0.05) is 6.07 Å². The Hall–Kier alpha value is -3.75. The smallest absolute Gasteiger partial charge is 0.407 e. The molecule has 0 aliphatic heterocycles. The first-order chi connectivity index (χ1) is 17.1. The second-order valence-electron chi connectivity index (χ2n) is 9.77. The average Bonchev–Trinajstić information content (AvgIpc) is 3.64. The monoisotopic (exact) mass is 498 g/mol. The summed E-state index contributed by atoms with van der Waals surface area (Å²) >= 11 is 0. The van der Waals surface area contributed by atoms with E-state index in [1.165, 1.54) is 12.8 Å². The summed E-state index contributed by atoms with van der Waals surface area (Å²) in [5.41, 5.74) is -0.249. The van der Waals surface area contributed by atoms with E-state index < -0.39 is 29.6 Å². The minimum atomic E-state index is -0.621. The minimum Gasteiger partial charge on any atom is -0.493 e. The van der Waals surface area contributed by atoms with Crippen LogP contribution in [0, 0.1) is 5.92 Å². The molecule has 0 heterocycles. The third-order valence-electron chi connectivity index (χ3n) is 4.99. The Morgan fingerprint density at radius 2 is 1.69 bits per heavy atom. The number of nitrogens with one attached hydrogen (secondary N) is 2. The van der Waals surface area contributed by atoms with Gasteiger partial charge in [-0.05, 0) is 82.9 Å². The summed E-state index contributed by atoms with van der Waals surface area (Å²) in [5.74, 6) is 1.59. The third kappa shape index (κ3) is 9.85. The van der Waals surface area contributed by atoms with Crippen LogP contribution in [0.1, 0.15) is 50.9 Å². The van der Waals surface area contributed by atoms with Crippen molar-refractivity contribution in [3.05, 3.63) is 54.1 Å². The predicted octanol–water partition coefficient (Wildman–Crippen LogP) is 4.45. The van der Waals surface area contributed by atoms with Gasteiger partial charge < -0.3 is 29.6 Å². The highest BCUT2D eigenvalue weighted by atomic mass is 16.6. The van der Waals surface area contributed by atoms with Gasteiger partial charge in [0.1, 0.15) is 36.0 Å². The highest BCUT2D eigenvalue weighted by molar-refractivity contribution is 5.96. The molecule has 1 unspecified atom stereocenters. The summed E-state index contributed by atoms with van der Waals surface area (Å²) in [6.07, 6.45) is 1.86. The number of amides is 2. The number of ether oxygens (including phenoxy) is 4. The zero-order valence-electron chi connectivity index (χ0n) is 21.2. The van der Waals surface area contributed by atoms with Crippen LogP contribution in [0.3, 0.4) is 0 Å². The molecule has 0 saturated heterocycles. The van der Waals surface area contributed by atoms with Gasteiger partial charge in [-0.25, -0.2) is 4.79 Å². The molecule has 1 atom stereocenters. The Kier molecular flexibility index (Phi) is 9.16. The second kappa shape index (κ2) is 12.3. The number of carbonyl (C=O) groups excluding carboxylic acids is 3. The first-order valence-electron chi connectivity index (χ1n) is 12.0. The number of rotatable bonds is 11. The molecule has 2 aromatic carbocycles. The number of benzene rings is 2. The number of hydrogen-bond acceptors (Lipinski definition) is 7. The van der Waals surface area contributed by atoms with Crippen LogP contribution in [0.15, 0.2) is 48.5 Å². The van der Waals surface area contributed by atoms with Crippen molar-refractivity contribution in [2.24, 2.45) is 5.92 Å². The number of alkyl carbamates (subject to hydrolysis) is 1. The molecular weight excluding hydrogens is 464 g/mol. The van der Waals surface area contributed by atoms with Gasteiger partial charge in [-0.15, -0.1) is 0 Å². The third-order valence-corrected chi connectivity index (χ3v) is 4.99. The molecule has 1 fully saturated rings. The lowest BCUT2D eigenvalue weighted by atomic mass is 10.2. The maximum absolute atomic E-state index is 12.4. The summed E-state index contributed by atoms with van der Waals surface area (Å²) in [5, 5.41) is 5.09. The predicted molar refractivity (Wildman–Crippen MR) is 133 cm³/mol. The minimum absolute atomic E-state index is 0.0488. The second-order valence-corrected chi connectivity index (χ2v) is 9.77. The maximum atomic E-state index is 12.4. The Morgan fingerprint density at radius 1 is 1.00 bits per heavy atom. The summed E-state index contributed by atoms with van der Waals surface area (Å²) in [6.45, 7) is 7.32. The molecular formula is C27H34N2O7. The van der Waals surface area contributed by atoms with Gasteiger partial charge in [0.15, 0.2) is 0 Å². The molecule has 1 saturated carbocycles. The van der Waals surface area contributed by atoms with Crippen LogP contribution in [0.2, 0.25) is 0 Å². The van der Waals surface area contributed by atoms with Gasteiger partial charge in [-0.2, -0.15) is 0 Å². The molecule has 194 valence electrons. The van der Waals surface area contributed by atoms with Crippen molar-refractivity contribution in [1.82, 2.24) is 10.6 Å². The SMILES string of the molecule is CC(COC(=O)CNC(=O)c1ccc(Oc2cccc(OCC3CC3)c2)cc1)NC(=O)OC(C)(C)C. The van der Waals surface area contributed by atoms with Crippen LogP contribution in [-0.4, -0.2) is 49.4 Å². The van der Waals surface area contributed by atoms with Gasteiger partial charge in [0.05, 0.1) is 12.6 Å². The molecule has 2 N–H and O–H groups in total. The van der Waals surface area contributed by atoms with Crippen molar-refractivity contribution in [2.45, 2.75) is 52.2 Å². The van der Waals surface area contributed by atoms with Crippen LogP contribution in [0.4, 0.5) is 4.79 Å². The van der Waals surface area contributed by atoms with Crippen molar-refractivity contribution in [2.75, 3.05) is 19.8 Å². The summed E-state index contributed by atoms with van der Waals surface area (Å²) in [6, 6.07) is 13.5. The van der Waals surface area contributed by atoms with Crippen LogP contribution >= 0.6 is 0 Å². The lowest BCUT2D eigenvalue weighted by molar-refractivity contribution is -0.143. The van der Waals surface area contributed by atoms with Gasteiger partial charge in [0.25, 0.3) is 5.91 Å². The Bertz CT molecular complexity index is 1040. The summed E-state index contributed by atoms with van der Waals surface area (Å²) < 4.78 is 21.9. The molecule has 2 amide bonds. The largest absolute Gasteiger partial charge is 0.493 e. The topological polar surface area (TPSA) is 112 Å². The average molecular weight is 499 g/mol. The van der Waals surface area contributed by atoms with Gasteiger partial charge in [-0.3, -0.25) is 9.59 Å². The van der Waals surface area contributed by atoms with E-state index in [0.717, 1.165) is 12.4 Å². The van der Waals surface area contributed by atoms with Crippen LogP contribution in [-0.2, 0) is 14.3 Å². The highest BCUT2D eigenvalue weighted by Gasteiger charge is 2.22. The highest BCUT2D eigenvalue weighted by Crippen LogP contribution is 2.31. The van der Waals surface area contributed by atoms with Crippen LogP contribution < -0.4 is 20.1 Å². The maximum Gasteiger partial charge on any atom is 0.407 e.